The van der Waals surface area contributed by atoms with Gasteiger partial charge in [0.1, 0.15) is 18.2 Å². The topological polar surface area (TPSA) is 91.4 Å². The second kappa shape index (κ2) is 9.69. The molecule has 1 unspecified atom stereocenters. The molecule has 28 heavy (non-hydrogen) atoms. The van der Waals surface area contributed by atoms with E-state index >= 15 is 0 Å². The molecule has 1 atom stereocenters. The molecule has 0 radical (unpaired) electrons. The summed E-state index contributed by atoms with van der Waals surface area (Å²) in [5, 5.41) is 7.21. The highest BCUT2D eigenvalue weighted by Gasteiger charge is 2.24. The van der Waals surface area contributed by atoms with E-state index in [1.54, 1.807) is 24.3 Å². The van der Waals surface area contributed by atoms with Gasteiger partial charge in [-0.25, -0.2) is 17.7 Å². The van der Waals surface area contributed by atoms with Gasteiger partial charge in [-0.15, -0.1) is 12.4 Å². The third-order valence-corrected chi connectivity index (χ3v) is 6.59. The van der Waals surface area contributed by atoms with Gasteiger partial charge >= 0.3 is 0 Å². The van der Waals surface area contributed by atoms with Gasteiger partial charge in [-0.1, -0.05) is 0 Å². The Morgan fingerprint density at radius 1 is 1.29 bits per heavy atom. The van der Waals surface area contributed by atoms with Gasteiger partial charge in [-0.3, -0.25) is 10.00 Å². The molecule has 1 saturated heterocycles. The molecule has 3 rings (SSSR count). The third kappa shape index (κ3) is 5.44. The van der Waals surface area contributed by atoms with Crippen LogP contribution in [0.4, 0.5) is 0 Å². The van der Waals surface area contributed by atoms with E-state index in [1.165, 1.54) is 18.4 Å². The van der Waals surface area contributed by atoms with Crippen molar-refractivity contribution in [3.63, 3.8) is 0 Å². The lowest BCUT2D eigenvalue weighted by molar-refractivity contribution is 0.168. The smallest absolute Gasteiger partial charge is 0.242 e. The molecule has 2 aromatic rings. The van der Waals surface area contributed by atoms with E-state index in [-0.39, 0.29) is 17.3 Å². The molecule has 2 heterocycles. The lowest BCUT2D eigenvalue weighted by atomic mass is 9.97. The lowest BCUT2D eigenvalue weighted by Gasteiger charge is -2.31. The van der Waals surface area contributed by atoms with Crippen LogP contribution in [0.5, 0.6) is 5.75 Å². The second-order valence-corrected chi connectivity index (χ2v) is 9.18. The van der Waals surface area contributed by atoms with Crippen LogP contribution < -0.4 is 4.74 Å². The number of nitrogens with one attached hydrogen (secondary N) is 1. The van der Waals surface area contributed by atoms with Crippen molar-refractivity contribution in [3.8, 4) is 5.75 Å². The molecule has 8 nitrogen and oxygen atoms in total. The van der Waals surface area contributed by atoms with Crippen molar-refractivity contribution in [2.75, 3.05) is 40.3 Å². The number of hydrogen-bond donors (Lipinski definition) is 1. The van der Waals surface area contributed by atoms with E-state index in [9.17, 15) is 8.42 Å². The highest BCUT2D eigenvalue weighted by molar-refractivity contribution is 7.89. The maximum Gasteiger partial charge on any atom is 0.242 e. The van der Waals surface area contributed by atoms with Gasteiger partial charge in [-0.05, 0) is 50.6 Å². The monoisotopic (exact) mass is 429 g/mol. The van der Waals surface area contributed by atoms with Crippen molar-refractivity contribution in [1.29, 1.82) is 0 Å². The minimum absolute atomic E-state index is 0. The molecule has 1 aromatic heterocycles. The zero-order valence-corrected chi connectivity index (χ0v) is 18.1. The molecular formula is C18H28ClN5O3S. The Labute approximate surface area is 172 Å². The largest absolute Gasteiger partial charge is 0.492 e. The average Bonchev–Trinajstić information content (AvgIpc) is 3.09. The molecule has 1 aliphatic heterocycles. The molecular weight excluding hydrogens is 402 g/mol. The van der Waals surface area contributed by atoms with Crippen molar-refractivity contribution >= 4 is 22.4 Å². The summed E-state index contributed by atoms with van der Waals surface area (Å²) in [4.78, 5) is 7.09. The van der Waals surface area contributed by atoms with Crippen LogP contribution in [-0.4, -0.2) is 73.1 Å². The summed E-state index contributed by atoms with van der Waals surface area (Å²) < 4.78 is 31.2. The Morgan fingerprint density at radius 2 is 2.00 bits per heavy atom. The van der Waals surface area contributed by atoms with Crippen LogP contribution in [0.2, 0.25) is 0 Å². The number of aryl methyl sites for hydroxylation is 1. The Balaban J connectivity index is 0.00000280. The zero-order chi connectivity index (χ0) is 19.4. The van der Waals surface area contributed by atoms with Gasteiger partial charge in [0.15, 0.2) is 5.82 Å². The summed E-state index contributed by atoms with van der Waals surface area (Å²) in [5.41, 5.74) is 0. The van der Waals surface area contributed by atoms with E-state index in [4.69, 9.17) is 4.74 Å². The fourth-order valence-electron chi connectivity index (χ4n) is 3.22. The quantitative estimate of drug-likeness (QED) is 0.724. The van der Waals surface area contributed by atoms with Gasteiger partial charge in [0.2, 0.25) is 10.0 Å². The fraction of sp³-hybridized carbons (Fsp3) is 0.556. The zero-order valence-electron chi connectivity index (χ0n) is 16.5. The Hall–Kier alpha value is -1.68. The molecule has 0 aliphatic carbocycles. The molecule has 10 heteroatoms. The number of sulfonamides is 1. The van der Waals surface area contributed by atoms with Crippen LogP contribution in [0.25, 0.3) is 0 Å². The van der Waals surface area contributed by atoms with E-state index in [1.807, 2.05) is 6.92 Å². The van der Waals surface area contributed by atoms with Crippen LogP contribution in [-0.2, 0) is 10.0 Å². The number of piperidine rings is 1. The van der Waals surface area contributed by atoms with Crippen molar-refractivity contribution in [2.45, 2.75) is 30.6 Å². The Morgan fingerprint density at radius 3 is 2.61 bits per heavy atom. The van der Waals surface area contributed by atoms with Crippen LogP contribution in [0.3, 0.4) is 0 Å². The standard InChI is InChI=1S/C18H27N5O3S.ClH/c1-14-19-18(21-20-14)15-5-4-10-23(13-15)11-12-26-16-6-8-17(9-7-16)27(24,25)22(2)3;/h6-9,15H,4-5,10-13H2,1-3H3,(H,19,20,21);1H. The van der Waals surface area contributed by atoms with Crippen LogP contribution in [0.15, 0.2) is 29.2 Å². The molecule has 1 aliphatic rings. The van der Waals surface area contributed by atoms with E-state index in [2.05, 4.69) is 20.1 Å². The summed E-state index contributed by atoms with van der Waals surface area (Å²) in [7, 11) is -0.368. The first-order valence-corrected chi connectivity index (χ1v) is 10.6. The third-order valence-electron chi connectivity index (χ3n) is 4.76. The number of aromatic amines is 1. The van der Waals surface area contributed by atoms with Gasteiger partial charge in [0.25, 0.3) is 0 Å². The highest BCUT2D eigenvalue weighted by Crippen LogP contribution is 2.24. The van der Waals surface area contributed by atoms with Crippen molar-refractivity contribution < 1.29 is 13.2 Å². The van der Waals surface area contributed by atoms with Crippen LogP contribution in [0, 0.1) is 6.92 Å². The normalized spacial score (nSPS) is 18.1. The first-order chi connectivity index (χ1) is 12.9. The minimum atomic E-state index is -3.41. The molecule has 156 valence electrons. The summed E-state index contributed by atoms with van der Waals surface area (Å²) in [6.07, 6.45) is 2.23. The van der Waals surface area contributed by atoms with Crippen molar-refractivity contribution in [1.82, 2.24) is 24.4 Å². The first-order valence-electron chi connectivity index (χ1n) is 9.13. The Bertz CT molecular complexity index is 854. The molecule has 0 amide bonds. The van der Waals surface area contributed by atoms with Crippen LogP contribution in [0.1, 0.15) is 30.4 Å². The molecule has 0 saturated carbocycles. The van der Waals surface area contributed by atoms with Crippen molar-refractivity contribution in [2.24, 2.45) is 0 Å². The van der Waals surface area contributed by atoms with Gasteiger partial charge < -0.3 is 4.74 Å². The number of H-pyrrole nitrogens is 1. The number of halogens is 1. The number of rotatable bonds is 7. The van der Waals surface area contributed by atoms with E-state index in [0.717, 1.165) is 44.1 Å². The highest BCUT2D eigenvalue weighted by atomic mass is 35.5. The number of ether oxygens (including phenoxy) is 1. The summed E-state index contributed by atoms with van der Waals surface area (Å²) in [6, 6.07) is 6.55. The number of hydrogen-bond acceptors (Lipinski definition) is 6. The van der Waals surface area contributed by atoms with E-state index < -0.39 is 10.0 Å². The SMILES string of the molecule is Cc1nc(C2CCCN(CCOc3ccc(S(=O)(=O)N(C)C)cc3)C2)n[nH]1.Cl. The predicted molar refractivity (Wildman–Crippen MR) is 110 cm³/mol. The molecule has 1 N–H and O–H groups in total. The van der Waals surface area contributed by atoms with Gasteiger partial charge in [0.05, 0.1) is 4.90 Å². The molecule has 0 bridgehead atoms. The molecule has 0 spiro atoms. The molecule has 1 fully saturated rings. The van der Waals surface area contributed by atoms with Crippen LogP contribution >= 0.6 is 12.4 Å². The number of aromatic nitrogens is 3. The lowest BCUT2D eigenvalue weighted by Crippen LogP contribution is -2.37. The fourth-order valence-corrected chi connectivity index (χ4v) is 4.12. The Kier molecular flexibility index (Phi) is 7.82. The number of benzene rings is 1. The summed E-state index contributed by atoms with van der Waals surface area (Å²) in [6.45, 7) is 5.26. The molecule has 1 aromatic carbocycles. The van der Waals surface area contributed by atoms with Gasteiger partial charge in [-0.2, -0.15) is 5.10 Å². The maximum absolute atomic E-state index is 12.1. The predicted octanol–water partition coefficient (Wildman–Crippen LogP) is 2.04. The minimum Gasteiger partial charge on any atom is -0.492 e. The number of nitrogens with zero attached hydrogens (tertiary/aromatic N) is 4. The maximum atomic E-state index is 12.1. The summed E-state index contributed by atoms with van der Waals surface area (Å²) >= 11 is 0. The van der Waals surface area contributed by atoms with Crippen molar-refractivity contribution in [3.05, 3.63) is 35.9 Å². The second-order valence-electron chi connectivity index (χ2n) is 7.03. The average molecular weight is 430 g/mol. The van der Waals surface area contributed by atoms with E-state index in [0.29, 0.717) is 18.3 Å². The number of likely N-dealkylation sites (tertiary alicyclic amines) is 1. The van der Waals surface area contributed by atoms with Gasteiger partial charge in [0, 0.05) is 33.1 Å². The summed E-state index contributed by atoms with van der Waals surface area (Å²) in [5.74, 6) is 2.78. The first kappa shape index (κ1) is 22.6.